The number of aliphatic hydroxyl groups is 2. The molecule has 0 radical (unpaired) electrons. The number of hydrogen-bond acceptors (Lipinski definition) is 3. The molecule has 0 aliphatic carbocycles. The SMILES string of the molecule is CC(C)(C)N1CC[C@@](O)(c2ccccc2)[C@H](O)C1. The molecule has 1 heterocycles. The van der Waals surface area contributed by atoms with Crippen molar-refractivity contribution in [3.05, 3.63) is 35.9 Å². The zero-order chi connectivity index (χ0) is 13.4. The summed E-state index contributed by atoms with van der Waals surface area (Å²) >= 11 is 0. The van der Waals surface area contributed by atoms with Crippen LogP contribution in [0.4, 0.5) is 0 Å². The third-order valence-corrected chi connectivity index (χ3v) is 3.93. The van der Waals surface area contributed by atoms with E-state index in [-0.39, 0.29) is 5.54 Å². The van der Waals surface area contributed by atoms with Gasteiger partial charge in [0.25, 0.3) is 0 Å². The third kappa shape index (κ3) is 2.44. The molecule has 1 aromatic rings. The molecule has 100 valence electrons. The highest BCUT2D eigenvalue weighted by atomic mass is 16.3. The van der Waals surface area contributed by atoms with Gasteiger partial charge in [0.1, 0.15) is 5.60 Å². The molecule has 2 atom stereocenters. The van der Waals surface area contributed by atoms with Gasteiger partial charge in [-0.05, 0) is 32.8 Å². The molecule has 2 rings (SSSR count). The molecule has 1 aromatic carbocycles. The molecular formula is C15H23NO2. The molecule has 0 amide bonds. The van der Waals surface area contributed by atoms with Gasteiger partial charge in [0.15, 0.2) is 0 Å². The zero-order valence-electron chi connectivity index (χ0n) is 11.4. The summed E-state index contributed by atoms with van der Waals surface area (Å²) in [5, 5.41) is 21.0. The average molecular weight is 249 g/mol. The number of nitrogens with zero attached hydrogens (tertiary/aromatic N) is 1. The molecule has 0 spiro atoms. The van der Waals surface area contributed by atoms with Crippen molar-refractivity contribution >= 4 is 0 Å². The lowest BCUT2D eigenvalue weighted by Crippen LogP contribution is -2.58. The van der Waals surface area contributed by atoms with Crippen LogP contribution in [0.15, 0.2) is 30.3 Å². The van der Waals surface area contributed by atoms with Crippen LogP contribution in [0.1, 0.15) is 32.8 Å². The summed E-state index contributed by atoms with van der Waals surface area (Å²) in [7, 11) is 0. The van der Waals surface area contributed by atoms with E-state index in [1.165, 1.54) is 0 Å². The maximum absolute atomic E-state index is 10.7. The van der Waals surface area contributed by atoms with Crippen LogP contribution in [0, 0.1) is 0 Å². The normalized spacial score (nSPS) is 30.4. The molecule has 1 aliphatic heterocycles. The van der Waals surface area contributed by atoms with Gasteiger partial charge in [-0.15, -0.1) is 0 Å². The summed E-state index contributed by atoms with van der Waals surface area (Å²) in [5.41, 5.74) is -0.270. The van der Waals surface area contributed by atoms with Crippen molar-refractivity contribution in [2.24, 2.45) is 0 Å². The van der Waals surface area contributed by atoms with Crippen molar-refractivity contribution in [2.45, 2.75) is 44.4 Å². The van der Waals surface area contributed by atoms with Crippen molar-refractivity contribution in [3.63, 3.8) is 0 Å². The first-order valence-electron chi connectivity index (χ1n) is 6.55. The fraction of sp³-hybridized carbons (Fsp3) is 0.600. The van der Waals surface area contributed by atoms with E-state index in [1.54, 1.807) is 0 Å². The fourth-order valence-electron chi connectivity index (χ4n) is 2.60. The first-order valence-corrected chi connectivity index (χ1v) is 6.55. The topological polar surface area (TPSA) is 43.7 Å². The molecule has 0 bridgehead atoms. The average Bonchev–Trinajstić information content (AvgIpc) is 2.32. The quantitative estimate of drug-likeness (QED) is 0.797. The molecule has 3 heteroatoms. The predicted octanol–water partition coefficient (Wildman–Crippen LogP) is 1.74. The van der Waals surface area contributed by atoms with Crippen molar-refractivity contribution in [3.8, 4) is 0 Å². The van der Waals surface area contributed by atoms with Gasteiger partial charge in [0.2, 0.25) is 0 Å². The highest BCUT2D eigenvalue weighted by molar-refractivity contribution is 5.25. The third-order valence-electron chi connectivity index (χ3n) is 3.93. The Balaban J connectivity index is 2.19. The number of hydrogen-bond donors (Lipinski definition) is 2. The van der Waals surface area contributed by atoms with E-state index < -0.39 is 11.7 Å². The Hall–Kier alpha value is -0.900. The minimum atomic E-state index is -1.11. The predicted molar refractivity (Wildman–Crippen MR) is 72.3 cm³/mol. The number of β-amino-alcohol motifs (C(OH)–C–C–N with tert-alkyl or cyclic N) is 1. The summed E-state index contributed by atoms with van der Waals surface area (Å²) in [6.45, 7) is 7.70. The molecular weight excluding hydrogens is 226 g/mol. The number of aliphatic hydroxyl groups excluding tert-OH is 1. The van der Waals surface area contributed by atoms with E-state index >= 15 is 0 Å². The van der Waals surface area contributed by atoms with Crippen molar-refractivity contribution in [1.29, 1.82) is 0 Å². The Kier molecular flexibility index (Phi) is 3.49. The van der Waals surface area contributed by atoms with Gasteiger partial charge in [0, 0.05) is 18.6 Å². The maximum Gasteiger partial charge on any atom is 0.118 e. The van der Waals surface area contributed by atoms with Crippen LogP contribution in [0.3, 0.4) is 0 Å². The molecule has 0 unspecified atom stereocenters. The van der Waals surface area contributed by atoms with Gasteiger partial charge in [-0.25, -0.2) is 0 Å². The van der Waals surface area contributed by atoms with Crippen LogP contribution in [-0.2, 0) is 5.60 Å². The van der Waals surface area contributed by atoms with Gasteiger partial charge >= 0.3 is 0 Å². The summed E-state index contributed by atoms with van der Waals surface area (Å²) in [4.78, 5) is 2.22. The Morgan fingerprint density at radius 3 is 2.33 bits per heavy atom. The van der Waals surface area contributed by atoms with E-state index in [9.17, 15) is 10.2 Å². The molecule has 3 nitrogen and oxygen atoms in total. The molecule has 18 heavy (non-hydrogen) atoms. The minimum Gasteiger partial charge on any atom is -0.388 e. The molecule has 1 aliphatic rings. The van der Waals surface area contributed by atoms with Crippen LogP contribution in [-0.4, -0.2) is 39.8 Å². The van der Waals surface area contributed by atoms with Crippen LogP contribution in [0.25, 0.3) is 0 Å². The fourth-order valence-corrected chi connectivity index (χ4v) is 2.60. The van der Waals surface area contributed by atoms with Gasteiger partial charge < -0.3 is 10.2 Å². The highest BCUT2D eigenvalue weighted by Gasteiger charge is 2.43. The van der Waals surface area contributed by atoms with Gasteiger partial charge in [-0.2, -0.15) is 0 Å². The van der Waals surface area contributed by atoms with E-state index in [0.717, 1.165) is 12.1 Å². The van der Waals surface area contributed by atoms with E-state index in [1.807, 2.05) is 30.3 Å². The van der Waals surface area contributed by atoms with E-state index in [4.69, 9.17) is 0 Å². The van der Waals surface area contributed by atoms with Crippen LogP contribution in [0.2, 0.25) is 0 Å². The van der Waals surface area contributed by atoms with E-state index in [0.29, 0.717) is 13.0 Å². The molecule has 0 saturated carbocycles. The summed E-state index contributed by atoms with van der Waals surface area (Å²) < 4.78 is 0. The largest absolute Gasteiger partial charge is 0.388 e. The zero-order valence-corrected chi connectivity index (χ0v) is 11.4. The standard InChI is InChI=1S/C15H23NO2/c1-14(2,3)16-10-9-15(18,13(17)11-16)12-7-5-4-6-8-12/h4-8,13,17-18H,9-11H2,1-3H3/t13-,15-/m1/s1. The highest BCUT2D eigenvalue weighted by Crippen LogP contribution is 2.35. The maximum atomic E-state index is 10.7. The summed E-state index contributed by atoms with van der Waals surface area (Å²) in [5.74, 6) is 0. The van der Waals surface area contributed by atoms with Crippen LogP contribution >= 0.6 is 0 Å². The lowest BCUT2D eigenvalue weighted by molar-refractivity contribution is -0.137. The van der Waals surface area contributed by atoms with E-state index in [2.05, 4.69) is 25.7 Å². The number of rotatable bonds is 1. The van der Waals surface area contributed by atoms with Crippen molar-refractivity contribution < 1.29 is 10.2 Å². The minimum absolute atomic E-state index is 0.0268. The van der Waals surface area contributed by atoms with Gasteiger partial charge in [0.05, 0.1) is 6.10 Å². The molecule has 1 fully saturated rings. The molecule has 1 saturated heterocycles. The number of piperidine rings is 1. The number of likely N-dealkylation sites (tertiary alicyclic amines) is 1. The first-order chi connectivity index (χ1) is 8.34. The second-order valence-corrected chi connectivity index (χ2v) is 6.17. The van der Waals surface area contributed by atoms with Gasteiger partial charge in [-0.3, -0.25) is 4.90 Å². The second kappa shape index (κ2) is 4.65. The molecule has 2 N–H and O–H groups in total. The van der Waals surface area contributed by atoms with Crippen LogP contribution < -0.4 is 0 Å². The Labute approximate surface area is 109 Å². The second-order valence-electron chi connectivity index (χ2n) is 6.17. The van der Waals surface area contributed by atoms with Crippen LogP contribution in [0.5, 0.6) is 0 Å². The first kappa shape index (κ1) is 13.5. The summed E-state index contributed by atoms with van der Waals surface area (Å²) in [6.07, 6.45) is -0.178. The van der Waals surface area contributed by atoms with Crippen molar-refractivity contribution in [1.82, 2.24) is 4.90 Å². The lowest BCUT2D eigenvalue weighted by Gasteiger charge is -2.47. The van der Waals surface area contributed by atoms with Crippen molar-refractivity contribution in [2.75, 3.05) is 13.1 Å². The summed E-state index contributed by atoms with van der Waals surface area (Å²) in [6, 6.07) is 9.49. The monoisotopic (exact) mass is 249 g/mol. The Morgan fingerprint density at radius 1 is 1.22 bits per heavy atom. The Bertz CT molecular complexity index is 399. The Morgan fingerprint density at radius 2 is 1.83 bits per heavy atom. The van der Waals surface area contributed by atoms with Gasteiger partial charge in [-0.1, -0.05) is 30.3 Å². The smallest absolute Gasteiger partial charge is 0.118 e. The lowest BCUT2D eigenvalue weighted by atomic mass is 9.81. The molecule has 0 aromatic heterocycles. The number of benzene rings is 1.